The van der Waals surface area contributed by atoms with Crippen LogP contribution in [0.25, 0.3) is 39.0 Å². The summed E-state index contributed by atoms with van der Waals surface area (Å²) in [4.78, 5) is 36.5. The number of amides is 1. The maximum atomic E-state index is 16.9. The Balaban J connectivity index is 1.16. The summed E-state index contributed by atoms with van der Waals surface area (Å²) in [6, 6.07) is 15.8. The van der Waals surface area contributed by atoms with Crippen LogP contribution in [0.3, 0.4) is 0 Å². The Morgan fingerprint density at radius 1 is 1.12 bits per heavy atom. The summed E-state index contributed by atoms with van der Waals surface area (Å²) < 4.78 is 52.8. The molecule has 2 aromatic carbocycles. The summed E-state index contributed by atoms with van der Waals surface area (Å²) in [5.74, 6) is 0.734. The molecule has 9 nitrogen and oxygen atoms in total. The van der Waals surface area contributed by atoms with Crippen molar-refractivity contribution in [1.29, 1.82) is 0 Å². The Hall–Kier alpha value is -5.54. The van der Waals surface area contributed by atoms with Crippen LogP contribution in [0.2, 0.25) is 0 Å². The minimum Gasteiger partial charge on any atom is -0.461 e. The first-order chi connectivity index (χ1) is 25.2. The highest BCUT2D eigenvalue weighted by Gasteiger charge is 2.49. The number of carbonyl (C=O) groups is 1. The molecule has 1 amide bonds. The molecule has 52 heavy (non-hydrogen) atoms. The lowest BCUT2D eigenvalue weighted by Gasteiger charge is -2.31. The van der Waals surface area contributed by atoms with Crippen LogP contribution in [0.5, 0.6) is 6.01 Å². The molecule has 3 saturated heterocycles. The molecule has 8 rings (SSSR count). The number of pyridine rings is 2. The molecule has 264 valence electrons. The monoisotopic (exact) mass is 703 g/mol. The molecular weight excluding hydrogens is 667 g/mol. The van der Waals surface area contributed by atoms with E-state index in [1.165, 1.54) is 17.3 Å². The van der Waals surface area contributed by atoms with Crippen LogP contribution in [0.1, 0.15) is 36.9 Å². The second-order valence-corrected chi connectivity index (χ2v) is 13.8. The van der Waals surface area contributed by atoms with Gasteiger partial charge in [-0.25, -0.2) is 13.2 Å². The van der Waals surface area contributed by atoms with E-state index in [1.54, 1.807) is 37.4 Å². The van der Waals surface area contributed by atoms with E-state index in [4.69, 9.17) is 16.1 Å². The summed E-state index contributed by atoms with van der Waals surface area (Å²) >= 11 is 0. The number of nitrogens with zero attached hydrogens (tertiary/aromatic N) is 7. The topological polar surface area (TPSA) is 87.6 Å². The average molecular weight is 704 g/mol. The average Bonchev–Trinajstić information content (AvgIpc) is 3.88. The number of anilines is 1. The number of halogens is 3. The number of hydrogen-bond donors (Lipinski definition) is 0. The molecule has 0 N–H and O–H groups in total. The zero-order valence-electron chi connectivity index (χ0n) is 28.6. The van der Waals surface area contributed by atoms with Gasteiger partial charge in [0.2, 0.25) is 0 Å². The highest BCUT2D eigenvalue weighted by Crippen LogP contribution is 2.41. The van der Waals surface area contributed by atoms with Gasteiger partial charge in [0.1, 0.15) is 29.8 Å². The summed E-state index contributed by atoms with van der Waals surface area (Å²) in [6.07, 6.45) is 11.7. The van der Waals surface area contributed by atoms with Crippen molar-refractivity contribution in [1.82, 2.24) is 29.7 Å². The van der Waals surface area contributed by atoms with E-state index in [2.05, 4.69) is 25.8 Å². The second-order valence-electron chi connectivity index (χ2n) is 13.8. The zero-order valence-corrected chi connectivity index (χ0v) is 28.6. The fourth-order valence-electron chi connectivity index (χ4n) is 8.07. The summed E-state index contributed by atoms with van der Waals surface area (Å²) in [6.45, 7) is 1.82. The fraction of sp³-hybridized carbons (Fsp3) is 0.325. The van der Waals surface area contributed by atoms with Crippen LogP contribution in [0.4, 0.5) is 19.0 Å². The number of terminal acetylenes is 1. The number of fused-ring (bicyclic) bond motifs is 3. The minimum atomic E-state index is -0.945. The molecular formula is C40H36F3N7O2. The number of alkyl halides is 1. The Morgan fingerprint density at radius 2 is 1.96 bits per heavy atom. The van der Waals surface area contributed by atoms with Crippen molar-refractivity contribution in [3.63, 3.8) is 0 Å². The highest BCUT2D eigenvalue weighted by molar-refractivity contribution is 6.02. The van der Waals surface area contributed by atoms with Gasteiger partial charge in [-0.3, -0.25) is 19.7 Å². The Kier molecular flexibility index (Phi) is 8.75. The second kappa shape index (κ2) is 13.5. The largest absolute Gasteiger partial charge is 0.461 e. The van der Waals surface area contributed by atoms with Crippen LogP contribution >= 0.6 is 0 Å². The maximum absolute atomic E-state index is 16.9. The van der Waals surface area contributed by atoms with E-state index in [1.807, 2.05) is 29.2 Å². The first-order valence-corrected chi connectivity index (χ1v) is 17.4. The molecule has 6 heterocycles. The van der Waals surface area contributed by atoms with Gasteiger partial charge in [0, 0.05) is 74.1 Å². The molecule has 5 aromatic rings. The van der Waals surface area contributed by atoms with E-state index < -0.39 is 29.3 Å². The number of carbonyl (C=O) groups excluding carboxylic acids is 1. The normalized spacial score (nSPS) is 21.8. The summed E-state index contributed by atoms with van der Waals surface area (Å²) in [5, 5.41) is 1.88. The van der Waals surface area contributed by atoms with Gasteiger partial charge in [-0.2, -0.15) is 9.97 Å². The number of likely N-dealkylation sites (N-methyl/N-ethyl adjacent to an activating group) is 1. The zero-order chi connectivity index (χ0) is 36.0. The van der Waals surface area contributed by atoms with Gasteiger partial charge in [-0.05, 0) is 49.4 Å². The molecule has 3 atom stereocenters. The molecule has 0 bridgehead atoms. The third-order valence-corrected chi connectivity index (χ3v) is 10.7. The number of hydrogen-bond acceptors (Lipinski definition) is 8. The number of rotatable bonds is 8. The van der Waals surface area contributed by atoms with E-state index in [0.29, 0.717) is 59.3 Å². The third kappa shape index (κ3) is 5.98. The molecule has 12 heteroatoms. The predicted molar refractivity (Wildman–Crippen MR) is 193 cm³/mol. The Morgan fingerprint density at radius 3 is 2.77 bits per heavy atom. The van der Waals surface area contributed by atoms with Gasteiger partial charge in [-0.1, -0.05) is 42.3 Å². The molecule has 3 aromatic heterocycles. The fourth-order valence-corrected chi connectivity index (χ4v) is 8.07. The van der Waals surface area contributed by atoms with E-state index in [-0.39, 0.29) is 36.4 Å². The van der Waals surface area contributed by atoms with Crippen LogP contribution in [-0.4, -0.2) is 93.2 Å². The number of benzene rings is 2. The summed E-state index contributed by atoms with van der Waals surface area (Å²) in [7, 11) is 1.79. The van der Waals surface area contributed by atoms with Gasteiger partial charge < -0.3 is 14.5 Å². The molecule has 3 aliphatic rings. The van der Waals surface area contributed by atoms with Crippen LogP contribution in [0, 0.1) is 18.2 Å². The van der Waals surface area contributed by atoms with Gasteiger partial charge >= 0.3 is 6.01 Å². The Labute approximate surface area is 299 Å². The van der Waals surface area contributed by atoms with Crippen molar-refractivity contribution in [2.24, 2.45) is 0 Å². The molecule has 0 aliphatic carbocycles. The first kappa shape index (κ1) is 33.6. The molecule has 0 unspecified atom stereocenters. The Bertz CT molecular complexity index is 2260. The van der Waals surface area contributed by atoms with Gasteiger partial charge in [0.05, 0.1) is 16.6 Å². The van der Waals surface area contributed by atoms with Gasteiger partial charge in [0.25, 0.3) is 5.91 Å². The van der Waals surface area contributed by atoms with Crippen molar-refractivity contribution in [3.8, 4) is 29.6 Å². The smallest absolute Gasteiger partial charge is 0.319 e. The molecule has 3 fully saturated rings. The molecule has 0 saturated carbocycles. The maximum Gasteiger partial charge on any atom is 0.319 e. The lowest BCUT2D eigenvalue weighted by atomic mass is 9.95. The lowest BCUT2D eigenvalue weighted by molar-refractivity contribution is -0.127. The number of likely N-dealkylation sites (tertiary alicyclic amines) is 1. The number of ether oxygens (including phenoxy) is 1. The standard InChI is InChI=1S/C40H36F3N7O2/c1-3-25-9-6-10-26-11-7-13-30(33(25)26)35-34(43)36-31(21-45-35)37(47-39(46-36)52-24-40-15-8-17-50(40)22-27(41)20-40)48(2)29-14-18-49(23-29)38(51)32(42)19-28-12-4-5-16-44-28/h1,4-7,9-13,16,19,21,27,29H,8,14-15,17-18,20,22-24H2,2H3/b32-19-/t27-,29-,40+/m1/s1. The third-order valence-electron chi connectivity index (χ3n) is 10.7. The van der Waals surface area contributed by atoms with Crippen molar-refractivity contribution in [3.05, 3.63) is 89.9 Å². The van der Waals surface area contributed by atoms with E-state index in [0.717, 1.165) is 30.8 Å². The van der Waals surface area contributed by atoms with Crippen molar-refractivity contribution < 1.29 is 22.7 Å². The summed E-state index contributed by atoms with van der Waals surface area (Å²) in [5.41, 5.74) is 1.07. The van der Waals surface area contributed by atoms with Crippen LogP contribution in [0.15, 0.2) is 72.8 Å². The van der Waals surface area contributed by atoms with E-state index in [9.17, 15) is 9.18 Å². The lowest BCUT2D eigenvalue weighted by Crippen LogP contribution is -2.43. The first-order valence-electron chi connectivity index (χ1n) is 17.4. The van der Waals surface area contributed by atoms with Crippen molar-refractivity contribution >= 4 is 39.5 Å². The predicted octanol–water partition coefficient (Wildman–Crippen LogP) is 6.36. The van der Waals surface area contributed by atoms with Crippen molar-refractivity contribution in [2.75, 3.05) is 44.7 Å². The van der Waals surface area contributed by atoms with Gasteiger partial charge in [-0.15, -0.1) is 6.42 Å². The van der Waals surface area contributed by atoms with E-state index >= 15 is 8.78 Å². The minimum absolute atomic E-state index is 0.00196. The van der Waals surface area contributed by atoms with Crippen LogP contribution in [-0.2, 0) is 4.79 Å². The highest BCUT2D eigenvalue weighted by atomic mass is 19.1. The molecule has 0 spiro atoms. The van der Waals surface area contributed by atoms with Gasteiger partial charge in [0.15, 0.2) is 11.6 Å². The quantitative estimate of drug-likeness (QED) is 0.136. The molecule has 0 radical (unpaired) electrons. The van der Waals surface area contributed by atoms with Crippen LogP contribution < -0.4 is 9.64 Å². The molecule has 3 aliphatic heterocycles. The van der Waals surface area contributed by atoms with Crippen molar-refractivity contribution in [2.45, 2.75) is 43.4 Å². The number of aromatic nitrogens is 4. The SMILES string of the molecule is C#Cc1cccc2cccc(-c3ncc4c(N(C)[C@@H]5CCN(C(=O)/C(F)=C/c6ccccn6)C5)nc(OC[C@@]56CCCN5C[C@H](F)C6)nc4c3F)c12.